The van der Waals surface area contributed by atoms with Crippen molar-refractivity contribution in [1.82, 2.24) is 14.5 Å². The molecule has 5 aromatic carbocycles. The number of hydrogen-bond donors (Lipinski definition) is 0. The molecular weight excluding hydrogens is 490 g/mol. The molecule has 0 unspecified atom stereocenters. The van der Waals surface area contributed by atoms with E-state index in [4.69, 9.17) is 14.4 Å². The minimum atomic E-state index is -0.0759. The fourth-order valence-corrected chi connectivity index (χ4v) is 5.93. The molecule has 0 fully saturated rings. The summed E-state index contributed by atoms with van der Waals surface area (Å²) in [5, 5.41) is 6.92. The normalized spacial score (nSPS) is 12.4. The Morgan fingerprint density at radius 2 is 1.40 bits per heavy atom. The van der Waals surface area contributed by atoms with Gasteiger partial charge in [-0.2, -0.15) is 0 Å². The molecule has 0 spiro atoms. The van der Waals surface area contributed by atoms with E-state index in [1.54, 1.807) is 0 Å². The van der Waals surface area contributed by atoms with E-state index in [9.17, 15) is 0 Å². The van der Waals surface area contributed by atoms with Crippen molar-refractivity contribution in [3.05, 3.63) is 115 Å². The Balaban J connectivity index is 1.48. The van der Waals surface area contributed by atoms with Crippen molar-refractivity contribution in [2.24, 2.45) is 0 Å². The third kappa shape index (κ3) is 3.32. The maximum atomic E-state index is 6.86. The number of aromatic nitrogens is 3. The fourth-order valence-electron chi connectivity index (χ4n) is 5.93. The van der Waals surface area contributed by atoms with Gasteiger partial charge in [0, 0.05) is 33.0 Å². The molecule has 0 bridgehead atoms. The number of fused-ring (bicyclic) bond motifs is 8. The van der Waals surface area contributed by atoms with Crippen molar-refractivity contribution < 1.29 is 4.42 Å². The summed E-state index contributed by atoms with van der Waals surface area (Å²) in [4.78, 5) is 10.1. The number of furan rings is 1. The fraction of sp³-hybridized carbons (Fsp3) is 0.111. The Labute approximate surface area is 231 Å². The first kappa shape index (κ1) is 23.0. The molecule has 4 nitrogen and oxygen atoms in total. The largest absolute Gasteiger partial charge is 0.455 e. The van der Waals surface area contributed by atoms with E-state index in [0.29, 0.717) is 0 Å². The Morgan fingerprint density at radius 3 is 2.25 bits per heavy atom. The highest BCUT2D eigenvalue weighted by molar-refractivity contribution is 6.23. The maximum Gasteiger partial charge on any atom is 0.149 e. The van der Waals surface area contributed by atoms with E-state index in [0.717, 1.165) is 61.1 Å². The Kier molecular flexibility index (Phi) is 4.75. The maximum absolute atomic E-state index is 6.86. The quantitative estimate of drug-likeness (QED) is 0.214. The number of benzene rings is 5. The van der Waals surface area contributed by atoms with Crippen LogP contribution in [0.25, 0.3) is 71.6 Å². The number of para-hydroxylation sites is 2. The van der Waals surface area contributed by atoms with Gasteiger partial charge in [0.05, 0.1) is 22.8 Å². The van der Waals surface area contributed by atoms with Crippen LogP contribution in [0.15, 0.2) is 114 Å². The zero-order valence-electron chi connectivity index (χ0n) is 22.6. The molecule has 0 N–H and O–H groups in total. The molecule has 0 aliphatic rings. The molecule has 3 heterocycles. The van der Waals surface area contributed by atoms with Crippen molar-refractivity contribution in [2.45, 2.75) is 26.2 Å². The lowest BCUT2D eigenvalue weighted by atomic mass is 9.91. The lowest BCUT2D eigenvalue weighted by Gasteiger charge is -2.17. The molecular formula is C36H27N3O. The van der Waals surface area contributed by atoms with Crippen LogP contribution < -0.4 is 0 Å². The van der Waals surface area contributed by atoms with Crippen LogP contribution in [0.2, 0.25) is 0 Å². The molecule has 8 rings (SSSR count). The summed E-state index contributed by atoms with van der Waals surface area (Å²) >= 11 is 0. The van der Waals surface area contributed by atoms with Gasteiger partial charge in [0.25, 0.3) is 0 Å². The van der Waals surface area contributed by atoms with Gasteiger partial charge < -0.3 is 4.42 Å². The van der Waals surface area contributed by atoms with Crippen molar-refractivity contribution in [1.29, 1.82) is 0 Å². The molecule has 40 heavy (non-hydrogen) atoms. The minimum Gasteiger partial charge on any atom is -0.455 e. The van der Waals surface area contributed by atoms with E-state index >= 15 is 0 Å². The number of rotatable bonds is 2. The lowest BCUT2D eigenvalue weighted by Crippen LogP contribution is -2.13. The summed E-state index contributed by atoms with van der Waals surface area (Å²) in [6.07, 6.45) is 1.96. The topological polar surface area (TPSA) is 43.9 Å². The van der Waals surface area contributed by atoms with E-state index < -0.39 is 0 Å². The van der Waals surface area contributed by atoms with Crippen LogP contribution in [0.4, 0.5) is 0 Å². The van der Waals surface area contributed by atoms with Crippen molar-refractivity contribution in [3.8, 4) is 17.1 Å². The van der Waals surface area contributed by atoms with Crippen LogP contribution in [0.1, 0.15) is 26.5 Å². The minimum absolute atomic E-state index is 0.0759. The summed E-state index contributed by atoms with van der Waals surface area (Å²) in [6, 6.07) is 36.1. The van der Waals surface area contributed by atoms with Crippen molar-refractivity contribution >= 4 is 54.5 Å². The first-order valence-corrected chi connectivity index (χ1v) is 13.7. The van der Waals surface area contributed by atoms with Gasteiger partial charge in [0.1, 0.15) is 17.0 Å². The zero-order valence-corrected chi connectivity index (χ0v) is 22.6. The van der Waals surface area contributed by atoms with E-state index in [-0.39, 0.29) is 5.41 Å². The molecule has 192 valence electrons. The SMILES string of the molecule is CC(C)(C)c1cc2nc(-c3cccc4c3oc3c4ccc4ccc5ccccc5c43)n(-c3ccccc3)c2cn1. The molecule has 0 amide bonds. The van der Waals surface area contributed by atoms with Gasteiger partial charge in [-0.25, -0.2) is 4.98 Å². The second kappa shape index (κ2) is 8.27. The van der Waals surface area contributed by atoms with Crippen LogP contribution >= 0.6 is 0 Å². The van der Waals surface area contributed by atoms with Gasteiger partial charge in [-0.1, -0.05) is 93.6 Å². The van der Waals surface area contributed by atoms with Crippen LogP contribution in [-0.4, -0.2) is 14.5 Å². The molecule has 0 aliphatic carbocycles. The van der Waals surface area contributed by atoms with Gasteiger partial charge >= 0.3 is 0 Å². The standard InChI is InChI=1S/C36H27N3O/c1-36(2,3)31-20-29-30(21-37-31)39(24-11-5-4-6-12-24)35(38-29)28-15-9-14-26-27-19-18-23-17-16-22-10-7-8-13-25(22)32(23)34(27)40-33(26)28/h4-21H,1-3H3. The van der Waals surface area contributed by atoms with Crippen molar-refractivity contribution in [2.75, 3.05) is 0 Å². The Hall–Kier alpha value is -4.96. The summed E-state index contributed by atoms with van der Waals surface area (Å²) in [7, 11) is 0. The number of nitrogens with zero attached hydrogens (tertiary/aromatic N) is 3. The third-order valence-corrected chi connectivity index (χ3v) is 7.94. The van der Waals surface area contributed by atoms with E-state index in [1.165, 1.54) is 16.2 Å². The molecule has 8 aromatic rings. The first-order valence-electron chi connectivity index (χ1n) is 13.7. The highest BCUT2D eigenvalue weighted by Crippen LogP contribution is 2.41. The van der Waals surface area contributed by atoms with E-state index in [1.807, 2.05) is 12.3 Å². The first-order chi connectivity index (χ1) is 19.5. The molecule has 4 heteroatoms. The molecule has 0 saturated heterocycles. The molecule has 0 radical (unpaired) electrons. The predicted molar refractivity (Wildman–Crippen MR) is 165 cm³/mol. The van der Waals surface area contributed by atoms with E-state index in [2.05, 4.69) is 122 Å². The Morgan fingerprint density at radius 1 is 0.675 bits per heavy atom. The number of hydrogen-bond acceptors (Lipinski definition) is 3. The second-order valence-electron chi connectivity index (χ2n) is 11.5. The smallest absolute Gasteiger partial charge is 0.149 e. The summed E-state index contributed by atoms with van der Waals surface area (Å²) in [6.45, 7) is 6.54. The average Bonchev–Trinajstić information content (AvgIpc) is 3.55. The average molecular weight is 518 g/mol. The van der Waals surface area contributed by atoms with Gasteiger partial charge in [0.2, 0.25) is 0 Å². The summed E-state index contributed by atoms with van der Waals surface area (Å²) in [5.41, 5.74) is 6.58. The predicted octanol–water partition coefficient (Wildman–Crippen LogP) is 9.59. The van der Waals surface area contributed by atoms with Gasteiger partial charge in [-0.15, -0.1) is 0 Å². The van der Waals surface area contributed by atoms with Gasteiger partial charge in [0.15, 0.2) is 0 Å². The van der Waals surface area contributed by atoms with Crippen LogP contribution in [0.3, 0.4) is 0 Å². The molecule has 0 atom stereocenters. The molecule has 0 saturated carbocycles. The van der Waals surface area contributed by atoms with Crippen molar-refractivity contribution in [3.63, 3.8) is 0 Å². The van der Waals surface area contributed by atoms with Gasteiger partial charge in [-0.05, 0) is 46.5 Å². The molecule has 3 aromatic heterocycles. The zero-order chi connectivity index (χ0) is 27.0. The monoisotopic (exact) mass is 517 g/mol. The number of pyridine rings is 1. The second-order valence-corrected chi connectivity index (χ2v) is 11.5. The highest BCUT2D eigenvalue weighted by atomic mass is 16.3. The number of imidazole rings is 1. The lowest BCUT2D eigenvalue weighted by molar-refractivity contribution is 0.570. The van der Waals surface area contributed by atoms with Gasteiger partial charge in [-0.3, -0.25) is 9.55 Å². The summed E-state index contributed by atoms with van der Waals surface area (Å²) < 4.78 is 9.05. The van der Waals surface area contributed by atoms with Crippen LogP contribution in [0, 0.1) is 0 Å². The Bertz CT molecular complexity index is 2250. The summed E-state index contributed by atoms with van der Waals surface area (Å²) in [5.74, 6) is 0.841. The van der Waals surface area contributed by atoms with Crippen LogP contribution in [-0.2, 0) is 5.41 Å². The van der Waals surface area contributed by atoms with Crippen LogP contribution in [0.5, 0.6) is 0 Å². The highest BCUT2D eigenvalue weighted by Gasteiger charge is 2.23. The molecule has 0 aliphatic heterocycles. The third-order valence-electron chi connectivity index (χ3n) is 7.94.